The van der Waals surface area contributed by atoms with E-state index in [-0.39, 0.29) is 5.69 Å². The lowest BCUT2D eigenvalue weighted by atomic mass is 9.99. The largest absolute Gasteiger partial charge is 0.458 e. The summed E-state index contributed by atoms with van der Waals surface area (Å²) in [6.45, 7) is 4.59. The van der Waals surface area contributed by atoms with Gasteiger partial charge >= 0.3 is 12.1 Å². The van der Waals surface area contributed by atoms with Crippen molar-refractivity contribution in [2.75, 3.05) is 7.05 Å². The Bertz CT molecular complexity index is 1570. The number of carbonyl (C=O) groups excluding carboxylic acids is 2. The number of halogens is 5. The number of benzene rings is 3. The number of hydrogen-bond acceptors (Lipinski definition) is 4. The Morgan fingerprint density at radius 2 is 1.56 bits per heavy atom. The van der Waals surface area contributed by atoms with Crippen LogP contribution in [0.2, 0.25) is 10.0 Å². The smallest absolute Gasteiger partial charge is 0.416 e. The van der Waals surface area contributed by atoms with Crippen LogP contribution < -0.4 is 0 Å². The maximum Gasteiger partial charge on any atom is 0.416 e. The Morgan fingerprint density at radius 3 is 2.12 bits per heavy atom. The number of ether oxygens (including phenoxy) is 1. The second-order valence-corrected chi connectivity index (χ2v) is 10.3. The topological polar surface area (TPSA) is 64.4 Å². The second kappa shape index (κ2) is 12.0. The Balaban J connectivity index is 1.88. The lowest BCUT2D eigenvalue weighted by molar-refractivity contribution is -0.145. The number of esters is 1. The first-order valence-corrected chi connectivity index (χ1v) is 13.3. The monoisotopic (exact) mass is 603 g/mol. The summed E-state index contributed by atoms with van der Waals surface area (Å²) in [5.74, 6) is -1.10. The van der Waals surface area contributed by atoms with Gasteiger partial charge in [0.25, 0.3) is 5.91 Å². The standard InChI is InChI=1S/C30H26Cl2F3N3O3/c1-17(20-9-13-22(14-10-20)30(33,34)35)37(4)29(40)27-26(18(2)41-19(3)39)28(21-11-15-23(31)16-12-21)38(36-27)25-8-6-5-7-24(25)32/h5-18H,1-4H3/t17-,18?/m1/s1. The zero-order valence-corrected chi connectivity index (χ0v) is 24.1. The molecule has 4 rings (SSSR count). The van der Waals surface area contributed by atoms with Crippen LogP contribution in [-0.2, 0) is 15.7 Å². The van der Waals surface area contributed by atoms with Crippen molar-refractivity contribution in [3.8, 4) is 16.9 Å². The van der Waals surface area contributed by atoms with E-state index in [0.29, 0.717) is 38.1 Å². The molecule has 0 saturated carbocycles. The van der Waals surface area contributed by atoms with Gasteiger partial charge in [-0.25, -0.2) is 4.68 Å². The normalized spacial score (nSPS) is 13.0. The van der Waals surface area contributed by atoms with Gasteiger partial charge in [0.05, 0.1) is 33.6 Å². The number of amides is 1. The van der Waals surface area contributed by atoms with Crippen molar-refractivity contribution in [2.24, 2.45) is 0 Å². The van der Waals surface area contributed by atoms with Crippen molar-refractivity contribution in [1.29, 1.82) is 0 Å². The molecule has 2 atom stereocenters. The van der Waals surface area contributed by atoms with E-state index < -0.39 is 35.8 Å². The van der Waals surface area contributed by atoms with Gasteiger partial charge in [-0.15, -0.1) is 0 Å². The molecule has 0 saturated heterocycles. The summed E-state index contributed by atoms with van der Waals surface area (Å²) in [4.78, 5) is 27.4. The third-order valence-corrected chi connectivity index (χ3v) is 7.27. The van der Waals surface area contributed by atoms with Gasteiger partial charge in [-0.05, 0) is 55.8 Å². The third-order valence-electron chi connectivity index (χ3n) is 6.69. The van der Waals surface area contributed by atoms with E-state index in [1.807, 2.05) is 0 Å². The molecule has 11 heteroatoms. The second-order valence-electron chi connectivity index (χ2n) is 9.44. The van der Waals surface area contributed by atoms with Crippen LogP contribution in [0.25, 0.3) is 16.9 Å². The van der Waals surface area contributed by atoms with Crippen LogP contribution in [0.15, 0.2) is 72.8 Å². The van der Waals surface area contributed by atoms with Crippen LogP contribution in [0, 0.1) is 0 Å². The zero-order valence-electron chi connectivity index (χ0n) is 22.5. The first kappa shape index (κ1) is 30.1. The molecule has 0 aliphatic rings. The first-order chi connectivity index (χ1) is 19.3. The maximum absolute atomic E-state index is 14.0. The molecule has 1 aromatic heterocycles. The molecule has 6 nitrogen and oxygen atoms in total. The highest BCUT2D eigenvalue weighted by Crippen LogP contribution is 2.38. The molecule has 0 aliphatic carbocycles. The predicted molar refractivity (Wildman–Crippen MR) is 151 cm³/mol. The highest BCUT2D eigenvalue weighted by Gasteiger charge is 2.34. The molecule has 0 fully saturated rings. The fourth-order valence-corrected chi connectivity index (χ4v) is 4.82. The molecule has 1 heterocycles. The van der Waals surface area contributed by atoms with Crippen LogP contribution in [0.4, 0.5) is 13.2 Å². The summed E-state index contributed by atoms with van der Waals surface area (Å²) in [7, 11) is 1.53. The fraction of sp³-hybridized carbons (Fsp3) is 0.233. The molecular formula is C30H26Cl2F3N3O3. The highest BCUT2D eigenvalue weighted by molar-refractivity contribution is 6.32. The minimum Gasteiger partial charge on any atom is -0.458 e. The molecule has 4 aromatic rings. The van der Waals surface area contributed by atoms with Crippen molar-refractivity contribution in [3.05, 3.63) is 105 Å². The number of para-hydroxylation sites is 1. The maximum atomic E-state index is 14.0. The SMILES string of the molecule is CC(=O)OC(C)c1c(C(=O)N(C)[C@H](C)c2ccc(C(F)(F)F)cc2)nn(-c2ccccc2Cl)c1-c1ccc(Cl)cc1. The first-order valence-electron chi connectivity index (χ1n) is 12.5. The number of hydrogen-bond donors (Lipinski definition) is 0. The van der Waals surface area contributed by atoms with Gasteiger partial charge in [-0.3, -0.25) is 9.59 Å². The van der Waals surface area contributed by atoms with Crippen molar-refractivity contribution in [1.82, 2.24) is 14.7 Å². The molecule has 3 aromatic carbocycles. The Hall–Kier alpha value is -3.82. The van der Waals surface area contributed by atoms with E-state index in [1.165, 1.54) is 35.7 Å². The summed E-state index contributed by atoms with van der Waals surface area (Å²) in [6.07, 6.45) is -5.38. The van der Waals surface area contributed by atoms with Crippen LogP contribution in [0.5, 0.6) is 0 Å². The molecule has 214 valence electrons. The minimum atomic E-state index is -4.48. The minimum absolute atomic E-state index is 0.00937. The Morgan fingerprint density at radius 1 is 0.951 bits per heavy atom. The number of nitrogens with zero attached hydrogens (tertiary/aromatic N) is 3. The average Bonchev–Trinajstić information content (AvgIpc) is 3.32. The fourth-order valence-electron chi connectivity index (χ4n) is 4.48. The molecule has 0 aliphatic heterocycles. The summed E-state index contributed by atoms with van der Waals surface area (Å²) < 4.78 is 46.3. The molecule has 41 heavy (non-hydrogen) atoms. The molecule has 0 bridgehead atoms. The number of aromatic nitrogens is 2. The van der Waals surface area contributed by atoms with Crippen LogP contribution in [0.1, 0.15) is 60.1 Å². The molecule has 0 N–H and O–H groups in total. The third kappa shape index (κ3) is 6.41. The highest BCUT2D eigenvalue weighted by atomic mass is 35.5. The predicted octanol–water partition coefficient (Wildman–Crippen LogP) is 8.32. The Kier molecular flexibility index (Phi) is 8.80. The molecular weight excluding hydrogens is 578 g/mol. The van der Waals surface area contributed by atoms with E-state index in [0.717, 1.165) is 12.1 Å². The van der Waals surface area contributed by atoms with E-state index in [4.69, 9.17) is 27.9 Å². The van der Waals surface area contributed by atoms with Crippen LogP contribution in [-0.4, -0.2) is 33.6 Å². The van der Waals surface area contributed by atoms with Crippen molar-refractivity contribution < 1.29 is 27.5 Å². The van der Waals surface area contributed by atoms with Gasteiger partial charge < -0.3 is 9.64 Å². The number of rotatable bonds is 7. The Labute approximate surface area is 245 Å². The lowest BCUT2D eigenvalue weighted by Gasteiger charge is -2.26. The molecule has 1 amide bonds. The van der Waals surface area contributed by atoms with Crippen LogP contribution in [0.3, 0.4) is 0 Å². The lowest BCUT2D eigenvalue weighted by Crippen LogP contribution is -2.31. The van der Waals surface area contributed by atoms with Crippen LogP contribution >= 0.6 is 23.2 Å². The van der Waals surface area contributed by atoms with E-state index in [2.05, 4.69) is 5.10 Å². The average molecular weight is 604 g/mol. The van der Waals surface area contributed by atoms with E-state index in [9.17, 15) is 22.8 Å². The van der Waals surface area contributed by atoms with Gasteiger partial charge in [0.2, 0.25) is 0 Å². The van der Waals surface area contributed by atoms with Gasteiger partial charge in [0.15, 0.2) is 5.69 Å². The van der Waals surface area contributed by atoms with E-state index >= 15 is 0 Å². The van der Waals surface area contributed by atoms with Crippen molar-refractivity contribution in [3.63, 3.8) is 0 Å². The van der Waals surface area contributed by atoms with Crippen molar-refractivity contribution >= 4 is 35.1 Å². The molecule has 0 spiro atoms. The number of carbonyl (C=O) groups is 2. The van der Waals surface area contributed by atoms with Crippen molar-refractivity contribution in [2.45, 2.75) is 39.1 Å². The zero-order chi connectivity index (χ0) is 30.1. The van der Waals surface area contributed by atoms with Gasteiger partial charge in [-0.2, -0.15) is 18.3 Å². The number of alkyl halides is 3. The molecule has 0 radical (unpaired) electrons. The summed E-state index contributed by atoms with van der Waals surface area (Å²) >= 11 is 12.7. The van der Waals surface area contributed by atoms with Gasteiger partial charge in [0, 0.05) is 24.6 Å². The summed E-state index contributed by atoms with van der Waals surface area (Å²) in [5, 5.41) is 5.54. The quantitative estimate of drug-likeness (QED) is 0.199. The molecule has 1 unspecified atom stereocenters. The van der Waals surface area contributed by atoms with E-state index in [1.54, 1.807) is 62.4 Å². The summed E-state index contributed by atoms with van der Waals surface area (Å²) in [6, 6.07) is 17.8. The summed E-state index contributed by atoms with van der Waals surface area (Å²) in [5.41, 5.74) is 1.60. The van der Waals surface area contributed by atoms with Gasteiger partial charge in [-0.1, -0.05) is 59.6 Å². The van der Waals surface area contributed by atoms with Gasteiger partial charge in [0.1, 0.15) is 6.10 Å².